The van der Waals surface area contributed by atoms with E-state index < -0.39 is 0 Å². The van der Waals surface area contributed by atoms with Gasteiger partial charge in [-0.15, -0.1) is 0 Å². The van der Waals surface area contributed by atoms with Crippen molar-refractivity contribution < 1.29 is 14.3 Å². The molecule has 0 bridgehead atoms. The van der Waals surface area contributed by atoms with E-state index in [9.17, 15) is 4.79 Å². The van der Waals surface area contributed by atoms with Gasteiger partial charge in [-0.3, -0.25) is 10.2 Å². The molecular formula is C17H26N4O3. The number of hydrogen-bond donors (Lipinski definition) is 4. The number of fused-ring (bicyclic) bond motifs is 1. The predicted octanol–water partition coefficient (Wildman–Crippen LogP) is 0.958. The molecule has 0 spiro atoms. The molecule has 1 amide bonds. The first kappa shape index (κ1) is 17.0. The molecule has 0 saturated carbocycles. The summed E-state index contributed by atoms with van der Waals surface area (Å²) in [5.74, 6) is 1.77. The molecule has 2 atom stereocenters. The van der Waals surface area contributed by atoms with Gasteiger partial charge in [-0.2, -0.15) is 0 Å². The van der Waals surface area contributed by atoms with Crippen LogP contribution in [0.3, 0.4) is 0 Å². The molecule has 7 nitrogen and oxygen atoms in total. The van der Waals surface area contributed by atoms with Crippen LogP contribution in [0, 0.1) is 0 Å². The van der Waals surface area contributed by atoms with Crippen molar-refractivity contribution in [2.45, 2.75) is 44.2 Å². The molecule has 3 rings (SSSR count). The highest BCUT2D eigenvalue weighted by Gasteiger charge is 2.30. The number of unbranched alkanes of at least 4 members (excludes halogenated alkanes) is 3. The second kappa shape index (κ2) is 8.32. The molecule has 0 radical (unpaired) electrons. The molecule has 0 aromatic heterocycles. The van der Waals surface area contributed by atoms with Crippen molar-refractivity contribution in [1.29, 1.82) is 0 Å². The lowest BCUT2D eigenvalue weighted by Crippen LogP contribution is -2.46. The zero-order valence-electron chi connectivity index (χ0n) is 13.8. The minimum atomic E-state index is -0.123. The molecule has 1 fully saturated rings. The third-order valence-electron chi connectivity index (χ3n) is 4.48. The van der Waals surface area contributed by atoms with Crippen LogP contribution < -0.4 is 31.4 Å². The number of ether oxygens (including phenoxy) is 2. The highest BCUT2D eigenvalue weighted by atomic mass is 16.7. The van der Waals surface area contributed by atoms with Crippen molar-refractivity contribution in [2.24, 2.45) is 5.73 Å². The molecule has 2 aliphatic heterocycles. The third-order valence-corrected chi connectivity index (χ3v) is 4.48. The van der Waals surface area contributed by atoms with E-state index in [1.54, 1.807) is 0 Å². The Morgan fingerprint density at radius 3 is 2.92 bits per heavy atom. The summed E-state index contributed by atoms with van der Waals surface area (Å²) in [7, 11) is 0. The molecule has 1 aromatic rings. The predicted molar refractivity (Wildman–Crippen MR) is 90.5 cm³/mol. The van der Waals surface area contributed by atoms with E-state index in [2.05, 4.69) is 16.2 Å². The fourth-order valence-electron chi connectivity index (χ4n) is 3.12. The maximum Gasteiger partial charge on any atom is 0.231 e. The number of nitrogens with one attached hydrogen (secondary N) is 3. The van der Waals surface area contributed by atoms with E-state index in [0.717, 1.165) is 55.8 Å². The van der Waals surface area contributed by atoms with Crippen molar-refractivity contribution in [1.82, 2.24) is 16.2 Å². The molecule has 24 heavy (non-hydrogen) atoms. The normalized spacial score (nSPS) is 21.9. The average Bonchev–Trinajstić information content (AvgIpc) is 3.22. The smallest absolute Gasteiger partial charge is 0.231 e. The quantitative estimate of drug-likeness (QED) is 0.529. The number of rotatable bonds is 8. The van der Waals surface area contributed by atoms with Gasteiger partial charge in [0.25, 0.3) is 0 Å². The lowest BCUT2D eigenvalue weighted by atomic mass is 9.96. The summed E-state index contributed by atoms with van der Waals surface area (Å²) in [5, 5.41) is 3.08. The van der Waals surface area contributed by atoms with Crippen LogP contribution in [-0.4, -0.2) is 32.0 Å². The van der Waals surface area contributed by atoms with Gasteiger partial charge in [0, 0.05) is 18.9 Å². The summed E-state index contributed by atoms with van der Waals surface area (Å²) < 4.78 is 10.8. The van der Waals surface area contributed by atoms with Crippen molar-refractivity contribution in [2.75, 3.05) is 19.9 Å². The Morgan fingerprint density at radius 1 is 1.21 bits per heavy atom. The van der Waals surface area contributed by atoms with Crippen LogP contribution in [-0.2, 0) is 4.79 Å². The van der Waals surface area contributed by atoms with Gasteiger partial charge >= 0.3 is 0 Å². The van der Waals surface area contributed by atoms with Crippen LogP contribution in [0.1, 0.15) is 43.6 Å². The molecule has 2 heterocycles. The van der Waals surface area contributed by atoms with E-state index >= 15 is 0 Å². The fourth-order valence-corrected chi connectivity index (χ4v) is 3.12. The van der Waals surface area contributed by atoms with Gasteiger partial charge in [0.2, 0.25) is 12.7 Å². The third kappa shape index (κ3) is 4.17. The standard InChI is InChI=1S/C17H26N4O3/c18-8-4-2-1-3-5-16(22)20-17-13(10-19-21-17)12-6-7-14-15(9-12)24-11-23-14/h6-7,9,13,17,19,21H,1-5,8,10-11,18H2,(H,20,22). The van der Waals surface area contributed by atoms with Crippen molar-refractivity contribution in [3.63, 3.8) is 0 Å². The van der Waals surface area contributed by atoms with Crippen molar-refractivity contribution in [3.05, 3.63) is 23.8 Å². The summed E-state index contributed by atoms with van der Waals surface area (Å²) in [6, 6.07) is 5.94. The molecule has 5 N–H and O–H groups in total. The second-order valence-electron chi connectivity index (χ2n) is 6.24. The van der Waals surface area contributed by atoms with Crippen LogP contribution in [0.5, 0.6) is 11.5 Å². The minimum Gasteiger partial charge on any atom is -0.454 e. The summed E-state index contributed by atoms with van der Waals surface area (Å²) in [6.07, 6.45) is 4.50. The number of amides is 1. The monoisotopic (exact) mass is 334 g/mol. The molecule has 7 heteroatoms. The SMILES string of the molecule is NCCCCCCC(=O)NC1NNCC1c1ccc2c(c1)OCO2. The van der Waals surface area contributed by atoms with E-state index in [1.165, 1.54) is 0 Å². The highest BCUT2D eigenvalue weighted by Crippen LogP contribution is 2.35. The first-order valence-corrected chi connectivity index (χ1v) is 8.65. The molecule has 2 aliphatic rings. The summed E-state index contributed by atoms with van der Waals surface area (Å²) in [5.41, 5.74) is 12.9. The summed E-state index contributed by atoms with van der Waals surface area (Å²) >= 11 is 0. The van der Waals surface area contributed by atoms with Gasteiger partial charge in [0.15, 0.2) is 11.5 Å². The van der Waals surface area contributed by atoms with Gasteiger partial charge in [-0.25, -0.2) is 5.43 Å². The number of hydrogen-bond acceptors (Lipinski definition) is 6. The topological polar surface area (TPSA) is 97.6 Å². The maximum atomic E-state index is 12.1. The number of hydrazine groups is 1. The Kier molecular flexibility index (Phi) is 5.90. The zero-order chi connectivity index (χ0) is 16.8. The lowest BCUT2D eigenvalue weighted by Gasteiger charge is -2.20. The second-order valence-corrected chi connectivity index (χ2v) is 6.24. The Morgan fingerprint density at radius 2 is 2.04 bits per heavy atom. The van der Waals surface area contributed by atoms with Crippen molar-refractivity contribution in [3.8, 4) is 11.5 Å². The Bertz CT molecular complexity index is 567. The van der Waals surface area contributed by atoms with E-state index in [-0.39, 0.29) is 24.8 Å². The summed E-state index contributed by atoms with van der Waals surface area (Å²) in [4.78, 5) is 12.1. The molecule has 0 aliphatic carbocycles. The van der Waals surface area contributed by atoms with Crippen LogP contribution in [0.25, 0.3) is 0 Å². The highest BCUT2D eigenvalue weighted by molar-refractivity contribution is 5.76. The maximum absolute atomic E-state index is 12.1. The van der Waals surface area contributed by atoms with Crippen molar-refractivity contribution >= 4 is 5.91 Å². The van der Waals surface area contributed by atoms with Gasteiger partial charge in [0.05, 0.1) is 0 Å². The largest absolute Gasteiger partial charge is 0.454 e. The molecule has 1 saturated heterocycles. The van der Waals surface area contributed by atoms with Gasteiger partial charge in [-0.1, -0.05) is 18.9 Å². The van der Waals surface area contributed by atoms with E-state index in [0.29, 0.717) is 6.42 Å². The summed E-state index contributed by atoms with van der Waals surface area (Å²) in [6.45, 7) is 1.74. The van der Waals surface area contributed by atoms with Gasteiger partial charge < -0.3 is 20.5 Å². The van der Waals surface area contributed by atoms with E-state index in [1.807, 2.05) is 18.2 Å². The van der Waals surface area contributed by atoms with Gasteiger partial charge in [-0.05, 0) is 37.1 Å². The van der Waals surface area contributed by atoms with Gasteiger partial charge in [0.1, 0.15) is 6.17 Å². The fraction of sp³-hybridized carbons (Fsp3) is 0.588. The Hall–Kier alpha value is -1.83. The molecule has 2 unspecified atom stereocenters. The molecule has 132 valence electrons. The lowest BCUT2D eigenvalue weighted by molar-refractivity contribution is -0.122. The number of carbonyl (C=O) groups is 1. The Labute approximate surface area is 142 Å². The van der Waals surface area contributed by atoms with Crippen LogP contribution in [0.2, 0.25) is 0 Å². The first-order valence-electron chi connectivity index (χ1n) is 8.65. The number of carbonyl (C=O) groups excluding carboxylic acids is 1. The molecule has 1 aromatic carbocycles. The van der Waals surface area contributed by atoms with E-state index in [4.69, 9.17) is 15.2 Å². The molecular weight excluding hydrogens is 308 g/mol. The first-order chi connectivity index (χ1) is 11.8. The Balaban J connectivity index is 1.51. The van der Waals surface area contributed by atoms with Crippen LogP contribution in [0.15, 0.2) is 18.2 Å². The average molecular weight is 334 g/mol. The minimum absolute atomic E-state index is 0.0784. The number of benzene rings is 1. The zero-order valence-corrected chi connectivity index (χ0v) is 13.8. The van der Waals surface area contributed by atoms with Crippen LogP contribution >= 0.6 is 0 Å². The number of nitrogens with two attached hydrogens (primary N) is 1. The van der Waals surface area contributed by atoms with Crippen LogP contribution in [0.4, 0.5) is 0 Å².